The zero-order valence-corrected chi connectivity index (χ0v) is 13.1. The zero-order chi connectivity index (χ0) is 15.2. The predicted octanol–water partition coefficient (Wildman–Crippen LogP) is 2.84. The number of aromatic nitrogens is 2. The van der Waals surface area contributed by atoms with Gasteiger partial charge in [-0.05, 0) is 24.6 Å². The Morgan fingerprint density at radius 2 is 2.05 bits per heavy atom. The van der Waals surface area contributed by atoms with E-state index in [0.29, 0.717) is 5.92 Å². The van der Waals surface area contributed by atoms with Crippen molar-refractivity contribution < 1.29 is 9.47 Å². The Kier molecular flexibility index (Phi) is 5.22. The van der Waals surface area contributed by atoms with Crippen LogP contribution in [0.5, 0.6) is 11.5 Å². The summed E-state index contributed by atoms with van der Waals surface area (Å²) in [6.45, 7) is 6.07. The highest BCUT2D eigenvalue weighted by atomic mass is 16.5. The van der Waals surface area contributed by atoms with Crippen molar-refractivity contribution in [2.24, 2.45) is 5.92 Å². The second-order valence-electron chi connectivity index (χ2n) is 5.33. The Morgan fingerprint density at radius 3 is 2.71 bits per heavy atom. The van der Waals surface area contributed by atoms with Gasteiger partial charge < -0.3 is 19.8 Å². The third-order valence-corrected chi connectivity index (χ3v) is 3.17. The van der Waals surface area contributed by atoms with E-state index in [1.54, 1.807) is 14.2 Å². The van der Waals surface area contributed by atoms with Crippen molar-refractivity contribution in [3.05, 3.63) is 30.2 Å². The molecule has 2 rings (SSSR count). The first-order valence-electron chi connectivity index (χ1n) is 7.11. The van der Waals surface area contributed by atoms with Gasteiger partial charge in [-0.25, -0.2) is 4.98 Å². The monoisotopic (exact) mass is 289 g/mol. The largest absolute Gasteiger partial charge is 0.497 e. The minimum atomic E-state index is 0.626. The number of methoxy groups -OCH3 is 2. The van der Waals surface area contributed by atoms with Crippen LogP contribution in [0.3, 0.4) is 0 Å². The maximum atomic E-state index is 5.42. The first kappa shape index (κ1) is 15.4. The molecule has 0 unspecified atom stereocenters. The summed E-state index contributed by atoms with van der Waals surface area (Å²) < 4.78 is 10.6. The van der Waals surface area contributed by atoms with E-state index in [-0.39, 0.29) is 0 Å². The number of nitrogens with zero attached hydrogens (tertiary/aromatic N) is 1. The van der Waals surface area contributed by atoms with E-state index in [9.17, 15) is 0 Å². The van der Waals surface area contributed by atoms with Gasteiger partial charge in [-0.15, -0.1) is 0 Å². The van der Waals surface area contributed by atoms with Crippen LogP contribution in [0.2, 0.25) is 0 Å². The lowest BCUT2D eigenvalue weighted by molar-refractivity contribution is 0.395. The van der Waals surface area contributed by atoms with E-state index in [1.807, 2.05) is 24.4 Å². The number of nitrogens with one attached hydrogen (secondary N) is 2. The Morgan fingerprint density at radius 1 is 1.24 bits per heavy atom. The van der Waals surface area contributed by atoms with Gasteiger partial charge in [0, 0.05) is 11.6 Å². The SMILES string of the molecule is COc1ccc(-c2cnc(CNCC(C)C)[nH]2)c(OC)c1. The van der Waals surface area contributed by atoms with Crippen LogP contribution in [0.4, 0.5) is 0 Å². The number of imidazole rings is 1. The molecule has 0 atom stereocenters. The molecule has 2 N–H and O–H groups in total. The number of hydrogen-bond acceptors (Lipinski definition) is 4. The summed E-state index contributed by atoms with van der Waals surface area (Å²) in [5.74, 6) is 3.08. The summed E-state index contributed by atoms with van der Waals surface area (Å²) in [6.07, 6.45) is 1.83. The molecule has 0 saturated carbocycles. The van der Waals surface area contributed by atoms with Crippen molar-refractivity contribution in [1.82, 2.24) is 15.3 Å². The van der Waals surface area contributed by atoms with Crippen LogP contribution in [0.1, 0.15) is 19.7 Å². The van der Waals surface area contributed by atoms with Crippen LogP contribution in [-0.2, 0) is 6.54 Å². The first-order valence-corrected chi connectivity index (χ1v) is 7.11. The second-order valence-corrected chi connectivity index (χ2v) is 5.33. The first-order chi connectivity index (χ1) is 10.1. The van der Waals surface area contributed by atoms with Crippen molar-refractivity contribution in [2.75, 3.05) is 20.8 Å². The molecular weight excluding hydrogens is 266 g/mol. The van der Waals surface area contributed by atoms with Gasteiger partial charge in [0.15, 0.2) is 0 Å². The Labute approximate surface area is 125 Å². The third kappa shape index (κ3) is 3.98. The molecule has 1 heterocycles. The highest BCUT2D eigenvalue weighted by Gasteiger charge is 2.10. The molecule has 5 heteroatoms. The van der Waals surface area contributed by atoms with Gasteiger partial charge >= 0.3 is 0 Å². The molecule has 0 bridgehead atoms. The predicted molar refractivity (Wildman–Crippen MR) is 83.7 cm³/mol. The van der Waals surface area contributed by atoms with Crippen LogP contribution in [-0.4, -0.2) is 30.7 Å². The molecule has 0 spiro atoms. The van der Waals surface area contributed by atoms with E-state index in [1.165, 1.54) is 0 Å². The van der Waals surface area contributed by atoms with Crippen LogP contribution in [0, 0.1) is 5.92 Å². The van der Waals surface area contributed by atoms with Crippen molar-refractivity contribution in [1.29, 1.82) is 0 Å². The normalized spacial score (nSPS) is 10.9. The Bertz CT molecular complexity index is 579. The number of rotatable bonds is 7. The maximum absolute atomic E-state index is 5.42. The Hall–Kier alpha value is -2.01. The van der Waals surface area contributed by atoms with Crippen LogP contribution >= 0.6 is 0 Å². The maximum Gasteiger partial charge on any atom is 0.131 e. The molecule has 5 nitrogen and oxygen atoms in total. The summed E-state index contributed by atoms with van der Waals surface area (Å²) in [5.41, 5.74) is 1.91. The molecule has 0 aliphatic rings. The van der Waals surface area contributed by atoms with Gasteiger partial charge in [0.2, 0.25) is 0 Å². The standard InChI is InChI=1S/C16H23N3O2/c1-11(2)8-17-10-16-18-9-14(19-16)13-6-5-12(20-3)7-15(13)21-4/h5-7,9,11,17H,8,10H2,1-4H3,(H,18,19). The molecular formula is C16H23N3O2. The van der Waals surface area contributed by atoms with E-state index < -0.39 is 0 Å². The fourth-order valence-electron chi connectivity index (χ4n) is 2.09. The summed E-state index contributed by atoms with van der Waals surface area (Å²) in [5, 5.41) is 3.37. The number of ether oxygens (including phenoxy) is 2. The molecule has 0 aliphatic carbocycles. The number of hydrogen-bond donors (Lipinski definition) is 2. The molecule has 1 aromatic heterocycles. The molecule has 21 heavy (non-hydrogen) atoms. The van der Waals surface area contributed by atoms with Gasteiger partial charge in [-0.2, -0.15) is 0 Å². The van der Waals surface area contributed by atoms with Crippen LogP contribution in [0.15, 0.2) is 24.4 Å². The number of benzene rings is 1. The molecule has 2 aromatic rings. The van der Waals surface area contributed by atoms with E-state index in [4.69, 9.17) is 9.47 Å². The van der Waals surface area contributed by atoms with E-state index in [0.717, 1.165) is 41.7 Å². The summed E-state index contributed by atoms with van der Waals surface area (Å²) in [6, 6.07) is 5.75. The van der Waals surface area contributed by atoms with Gasteiger partial charge in [0.25, 0.3) is 0 Å². The summed E-state index contributed by atoms with van der Waals surface area (Å²) in [4.78, 5) is 7.72. The molecule has 1 aromatic carbocycles. The highest BCUT2D eigenvalue weighted by Crippen LogP contribution is 2.32. The summed E-state index contributed by atoms with van der Waals surface area (Å²) in [7, 11) is 3.29. The molecule has 0 fully saturated rings. The van der Waals surface area contributed by atoms with Crippen molar-refractivity contribution in [3.8, 4) is 22.8 Å². The van der Waals surface area contributed by atoms with Crippen LogP contribution in [0.25, 0.3) is 11.3 Å². The van der Waals surface area contributed by atoms with Crippen molar-refractivity contribution in [2.45, 2.75) is 20.4 Å². The number of aromatic amines is 1. The fraction of sp³-hybridized carbons (Fsp3) is 0.438. The lowest BCUT2D eigenvalue weighted by Gasteiger charge is -2.09. The Balaban J connectivity index is 2.13. The molecule has 114 valence electrons. The lowest BCUT2D eigenvalue weighted by atomic mass is 10.1. The minimum absolute atomic E-state index is 0.626. The number of H-pyrrole nitrogens is 1. The molecule has 0 amide bonds. The van der Waals surface area contributed by atoms with E-state index in [2.05, 4.69) is 29.1 Å². The van der Waals surface area contributed by atoms with Gasteiger partial charge in [-0.1, -0.05) is 13.8 Å². The van der Waals surface area contributed by atoms with Crippen molar-refractivity contribution >= 4 is 0 Å². The van der Waals surface area contributed by atoms with Crippen LogP contribution < -0.4 is 14.8 Å². The van der Waals surface area contributed by atoms with Gasteiger partial charge in [0.05, 0.1) is 32.7 Å². The average Bonchev–Trinajstić information content (AvgIpc) is 2.94. The highest BCUT2D eigenvalue weighted by molar-refractivity contribution is 5.68. The second kappa shape index (κ2) is 7.13. The third-order valence-electron chi connectivity index (χ3n) is 3.17. The zero-order valence-electron chi connectivity index (χ0n) is 13.1. The lowest BCUT2D eigenvalue weighted by Crippen LogP contribution is -2.19. The topological polar surface area (TPSA) is 59.2 Å². The summed E-state index contributed by atoms with van der Waals surface area (Å²) >= 11 is 0. The van der Waals surface area contributed by atoms with Gasteiger partial charge in [-0.3, -0.25) is 0 Å². The molecule has 0 aliphatic heterocycles. The molecule has 0 saturated heterocycles. The minimum Gasteiger partial charge on any atom is -0.497 e. The average molecular weight is 289 g/mol. The fourth-order valence-corrected chi connectivity index (χ4v) is 2.09. The van der Waals surface area contributed by atoms with Crippen molar-refractivity contribution in [3.63, 3.8) is 0 Å². The van der Waals surface area contributed by atoms with Gasteiger partial charge in [0.1, 0.15) is 17.3 Å². The smallest absolute Gasteiger partial charge is 0.131 e. The molecule has 0 radical (unpaired) electrons. The quantitative estimate of drug-likeness (QED) is 0.823. The van der Waals surface area contributed by atoms with E-state index >= 15 is 0 Å².